The molecule has 0 bridgehead atoms. The van der Waals surface area contributed by atoms with Crippen LogP contribution in [0.25, 0.3) is 0 Å². The highest BCUT2D eigenvalue weighted by Crippen LogP contribution is 2.27. The Balaban J connectivity index is 1.92. The summed E-state index contributed by atoms with van der Waals surface area (Å²) in [4.78, 5) is 10.5. The zero-order chi connectivity index (χ0) is 15.4. The van der Waals surface area contributed by atoms with E-state index in [2.05, 4.69) is 11.4 Å². The summed E-state index contributed by atoms with van der Waals surface area (Å²) in [6.07, 6.45) is 2.88. The van der Waals surface area contributed by atoms with Crippen LogP contribution < -0.4 is 10.1 Å². The molecule has 6 heteroatoms. The number of rotatable bonds is 7. The molecule has 1 atom stereocenters. The van der Waals surface area contributed by atoms with Crippen LogP contribution in [-0.4, -0.2) is 23.6 Å². The first kappa shape index (κ1) is 15.3. The van der Waals surface area contributed by atoms with E-state index < -0.39 is 4.92 Å². The Hall–Kier alpha value is -2.13. The van der Waals surface area contributed by atoms with E-state index in [0.29, 0.717) is 30.4 Å². The number of hydrogen-bond donors (Lipinski definition) is 1. The molecule has 0 spiro atoms. The monoisotopic (exact) mass is 289 g/mol. The maximum Gasteiger partial charge on any atom is 0.272 e. The highest BCUT2D eigenvalue weighted by atomic mass is 16.6. The van der Waals surface area contributed by atoms with E-state index in [-0.39, 0.29) is 11.7 Å². The van der Waals surface area contributed by atoms with E-state index in [1.807, 2.05) is 0 Å². The minimum Gasteiger partial charge on any atom is -0.493 e. The third-order valence-electron chi connectivity index (χ3n) is 3.52. The van der Waals surface area contributed by atoms with E-state index in [9.17, 15) is 10.1 Å². The van der Waals surface area contributed by atoms with Crippen molar-refractivity contribution in [2.24, 2.45) is 0 Å². The predicted molar refractivity (Wildman–Crippen MR) is 78.2 cm³/mol. The average molecular weight is 289 g/mol. The summed E-state index contributed by atoms with van der Waals surface area (Å²) < 4.78 is 5.67. The molecule has 112 valence electrons. The SMILES string of the molecule is Cc1cc([N+](=O)[O-])c(C)cc1OCCC(C#N)NC1CC1. The van der Waals surface area contributed by atoms with E-state index in [1.165, 1.54) is 6.07 Å². The highest BCUT2D eigenvalue weighted by molar-refractivity contribution is 5.49. The number of ether oxygens (including phenoxy) is 1. The molecule has 1 saturated carbocycles. The van der Waals surface area contributed by atoms with Gasteiger partial charge >= 0.3 is 0 Å². The zero-order valence-electron chi connectivity index (χ0n) is 12.3. The molecule has 1 aromatic rings. The zero-order valence-corrected chi connectivity index (χ0v) is 12.3. The van der Waals surface area contributed by atoms with Crippen molar-refractivity contribution >= 4 is 5.69 Å². The topological polar surface area (TPSA) is 88.2 Å². The molecule has 0 aliphatic heterocycles. The van der Waals surface area contributed by atoms with Gasteiger partial charge in [0.25, 0.3) is 5.69 Å². The van der Waals surface area contributed by atoms with Gasteiger partial charge in [-0.05, 0) is 38.3 Å². The van der Waals surface area contributed by atoms with Crippen LogP contribution in [0.2, 0.25) is 0 Å². The van der Waals surface area contributed by atoms with Crippen molar-refractivity contribution in [3.8, 4) is 11.8 Å². The molecule has 1 N–H and O–H groups in total. The van der Waals surface area contributed by atoms with Crippen molar-refractivity contribution in [3.05, 3.63) is 33.4 Å². The van der Waals surface area contributed by atoms with Gasteiger partial charge in [0, 0.05) is 24.1 Å². The third kappa shape index (κ3) is 4.17. The second-order valence-electron chi connectivity index (χ2n) is 5.42. The van der Waals surface area contributed by atoms with Crippen molar-refractivity contribution in [3.63, 3.8) is 0 Å². The van der Waals surface area contributed by atoms with Gasteiger partial charge in [-0.2, -0.15) is 5.26 Å². The van der Waals surface area contributed by atoms with E-state index in [4.69, 9.17) is 10.00 Å². The molecule has 1 fully saturated rings. The maximum atomic E-state index is 10.9. The lowest BCUT2D eigenvalue weighted by atomic mass is 10.1. The molecule has 1 aromatic carbocycles. The second-order valence-corrected chi connectivity index (χ2v) is 5.42. The summed E-state index contributed by atoms with van der Waals surface area (Å²) >= 11 is 0. The smallest absolute Gasteiger partial charge is 0.272 e. The number of nitrogens with one attached hydrogen (secondary N) is 1. The van der Waals surface area contributed by atoms with Gasteiger partial charge in [-0.25, -0.2) is 0 Å². The molecule has 0 amide bonds. The van der Waals surface area contributed by atoms with E-state index in [0.717, 1.165) is 18.4 Å². The minimum absolute atomic E-state index is 0.102. The van der Waals surface area contributed by atoms with Crippen LogP contribution in [0.5, 0.6) is 5.75 Å². The summed E-state index contributed by atoms with van der Waals surface area (Å²) in [5, 5.41) is 23.2. The van der Waals surface area contributed by atoms with Gasteiger partial charge in [0.2, 0.25) is 0 Å². The van der Waals surface area contributed by atoms with Crippen molar-refractivity contribution in [1.29, 1.82) is 5.26 Å². The lowest BCUT2D eigenvalue weighted by Crippen LogP contribution is -2.31. The number of nitrogens with zero attached hydrogens (tertiary/aromatic N) is 2. The number of aryl methyl sites for hydroxylation is 2. The van der Waals surface area contributed by atoms with Gasteiger partial charge in [-0.3, -0.25) is 15.4 Å². The normalized spacial score (nSPS) is 15.3. The van der Waals surface area contributed by atoms with Crippen molar-refractivity contribution < 1.29 is 9.66 Å². The first-order valence-corrected chi connectivity index (χ1v) is 7.05. The molecule has 6 nitrogen and oxygen atoms in total. The number of hydrogen-bond acceptors (Lipinski definition) is 5. The van der Waals surface area contributed by atoms with Crippen molar-refractivity contribution in [2.75, 3.05) is 6.61 Å². The molecule has 1 unspecified atom stereocenters. The van der Waals surface area contributed by atoms with Crippen LogP contribution in [-0.2, 0) is 0 Å². The Morgan fingerprint density at radius 3 is 2.76 bits per heavy atom. The van der Waals surface area contributed by atoms with Gasteiger partial charge in [-0.15, -0.1) is 0 Å². The van der Waals surface area contributed by atoms with Crippen molar-refractivity contribution in [1.82, 2.24) is 5.32 Å². The fourth-order valence-corrected chi connectivity index (χ4v) is 2.13. The van der Waals surface area contributed by atoms with E-state index in [1.54, 1.807) is 19.9 Å². The van der Waals surface area contributed by atoms with Crippen molar-refractivity contribution in [2.45, 2.75) is 45.2 Å². The van der Waals surface area contributed by atoms with E-state index >= 15 is 0 Å². The Morgan fingerprint density at radius 1 is 1.48 bits per heavy atom. The molecule has 2 rings (SSSR count). The Bertz CT molecular complexity index is 576. The van der Waals surface area contributed by atoms with Gasteiger partial charge < -0.3 is 4.74 Å². The number of nitro benzene ring substituents is 1. The Labute approximate surface area is 123 Å². The summed E-state index contributed by atoms with van der Waals surface area (Å²) in [5.41, 5.74) is 1.41. The Kier molecular flexibility index (Phi) is 4.76. The molecule has 0 radical (unpaired) electrons. The molecule has 1 aliphatic rings. The maximum absolute atomic E-state index is 10.9. The molecule has 1 aliphatic carbocycles. The average Bonchev–Trinajstić information content (AvgIpc) is 3.24. The van der Waals surface area contributed by atoms with Gasteiger partial charge in [0.1, 0.15) is 5.75 Å². The molecule has 0 heterocycles. The van der Waals surface area contributed by atoms with Crippen LogP contribution in [0.15, 0.2) is 12.1 Å². The third-order valence-corrected chi connectivity index (χ3v) is 3.52. The summed E-state index contributed by atoms with van der Waals surface area (Å²) in [6.45, 7) is 3.89. The Morgan fingerprint density at radius 2 is 2.19 bits per heavy atom. The van der Waals surface area contributed by atoms with Gasteiger partial charge in [0.05, 0.1) is 23.6 Å². The molecule has 0 saturated heterocycles. The summed E-state index contributed by atoms with van der Waals surface area (Å²) in [7, 11) is 0. The highest BCUT2D eigenvalue weighted by Gasteiger charge is 2.24. The largest absolute Gasteiger partial charge is 0.493 e. The number of benzene rings is 1. The fourth-order valence-electron chi connectivity index (χ4n) is 2.13. The summed E-state index contributed by atoms with van der Waals surface area (Å²) in [6, 6.07) is 5.72. The molecular formula is C15H19N3O3. The first-order chi connectivity index (χ1) is 10.0. The van der Waals surface area contributed by atoms with Crippen LogP contribution in [0.4, 0.5) is 5.69 Å². The lowest BCUT2D eigenvalue weighted by Gasteiger charge is -2.13. The van der Waals surface area contributed by atoms with Crippen LogP contribution in [0.1, 0.15) is 30.4 Å². The predicted octanol–water partition coefficient (Wildman–Crippen LogP) is 2.62. The van der Waals surface area contributed by atoms with Gasteiger partial charge in [-0.1, -0.05) is 0 Å². The molecular weight excluding hydrogens is 270 g/mol. The fraction of sp³-hybridized carbons (Fsp3) is 0.533. The minimum atomic E-state index is -0.391. The van der Waals surface area contributed by atoms with Crippen LogP contribution in [0.3, 0.4) is 0 Å². The molecule has 0 aromatic heterocycles. The quantitative estimate of drug-likeness (QED) is 0.615. The standard InChI is InChI=1S/C15H19N3O3/c1-10-8-15(11(2)7-14(10)18(19)20)21-6-5-13(9-16)17-12-3-4-12/h7-8,12-13,17H,3-6H2,1-2H3. The van der Waals surface area contributed by atoms with Crippen LogP contribution in [0, 0.1) is 35.3 Å². The number of nitriles is 1. The second kappa shape index (κ2) is 6.55. The van der Waals surface area contributed by atoms with Crippen LogP contribution >= 0.6 is 0 Å². The first-order valence-electron chi connectivity index (χ1n) is 7.05. The van der Waals surface area contributed by atoms with Gasteiger partial charge in [0.15, 0.2) is 0 Å². The summed E-state index contributed by atoms with van der Waals surface area (Å²) in [5.74, 6) is 0.640. The number of nitro groups is 1. The lowest BCUT2D eigenvalue weighted by molar-refractivity contribution is -0.385. The molecule has 21 heavy (non-hydrogen) atoms.